The third kappa shape index (κ3) is 3.22. The van der Waals surface area contributed by atoms with Gasteiger partial charge in [0.05, 0.1) is 30.7 Å². The molecule has 0 amide bonds. The Morgan fingerprint density at radius 1 is 1.05 bits per heavy atom. The molecule has 0 saturated carbocycles. The smallest absolute Gasteiger partial charge is 0.156 e. The van der Waals surface area contributed by atoms with E-state index in [1.165, 1.54) is 0 Å². The molecule has 22 heavy (non-hydrogen) atoms. The molecule has 0 aliphatic heterocycles. The molecule has 0 fully saturated rings. The third-order valence-corrected chi connectivity index (χ3v) is 3.86. The highest BCUT2D eigenvalue weighted by atomic mass is 79.9. The van der Waals surface area contributed by atoms with Crippen LogP contribution in [0.4, 0.5) is 0 Å². The van der Waals surface area contributed by atoms with Crippen molar-refractivity contribution < 1.29 is 9.47 Å². The van der Waals surface area contributed by atoms with E-state index in [2.05, 4.69) is 30.9 Å². The number of ether oxygens (including phenoxy) is 2. The van der Waals surface area contributed by atoms with Crippen LogP contribution < -0.4 is 9.47 Å². The Bertz CT molecular complexity index is 779. The number of fused-ring (bicyclic) bond motifs is 1. The summed E-state index contributed by atoms with van der Waals surface area (Å²) in [5, 5.41) is 0. The van der Waals surface area contributed by atoms with Crippen molar-refractivity contribution in [1.82, 2.24) is 15.0 Å². The number of hydrogen-bond donors (Lipinski definition) is 1. The minimum Gasteiger partial charge on any atom is -0.497 e. The lowest BCUT2D eigenvalue weighted by Gasteiger charge is -2.08. The Kier molecular flexibility index (Phi) is 4.29. The lowest BCUT2D eigenvalue weighted by Crippen LogP contribution is -1.97. The highest BCUT2D eigenvalue weighted by molar-refractivity contribution is 9.10. The number of methoxy groups -OCH3 is 2. The number of aromatic amines is 1. The summed E-state index contributed by atoms with van der Waals surface area (Å²) in [7, 11) is 3.31. The van der Waals surface area contributed by atoms with E-state index in [9.17, 15) is 0 Å². The summed E-state index contributed by atoms with van der Waals surface area (Å²) >= 11 is 3.39. The van der Waals surface area contributed by atoms with Crippen LogP contribution in [-0.2, 0) is 12.8 Å². The summed E-state index contributed by atoms with van der Waals surface area (Å²) in [4.78, 5) is 12.1. The molecule has 6 heteroatoms. The largest absolute Gasteiger partial charge is 0.497 e. The SMILES string of the molecule is COc1cc(CCc2cnc3[nH]c(Br)cc3n2)cc(OC)c1. The number of nitrogens with one attached hydrogen (secondary N) is 1. The van der Waals surface area contributed by atoms with Crippen LogP contribution in [0.2, 0.25) is 0 Å². The van der Waals surface area contributed by atoms with Gasteiger partial charge >= 0.3 is 0 Å². The molecule has 0 saturated heterocycles. The average molecular weight is 362 g/mol. The zero-order valence-corrected chi connectivity index (χ0v) is 14.0. The molecule has 3 aromatic rings. The Hall–Kier alpha value is -2.08. The summed E-state index contributed by atoms with van der Waals surface area (Å²) in [5.41, 5.74) is 3.76. The van der Waals surface area contributed by atoms with Crippen molar-refractivity contribution in [2.24, 2.45) is 0 Å². The average Bonchev–Trinajstić information content (AvgIpc) is 2.91. The fourth-order valence-corrected chi connectivity index (χ4v) is 2.72. The topological polar surface area (TPSA) is 60.0 Å². The van der Waals surface area contributed by atoms with Gasteiger partial charge in [-0.15, -0.1) is 0 Å². The number of aromatic nitrogens is 3. The van der Waals surface area contributed by atoms with Gasteiger partial charge in [0.1, 0.15) is 17.0 Å². The summed E-state index contributed by atoms with van der Waals surface area (Å²) in [6.45, 7) is 0. The van der Waals surface area contributed by atoms with Crippen LogP contribution in [0.5, 0.6) is 11.5 Å². The molecule has 0 unspecified atom stereocenters. The lowest BCUT2D eigenvalue weighted by atomic mass is 10.1. The molecule has 2 aromatic heterocycles. The Labute approximate surface area is 136 Å². The van der Waals surface area contributed by atoms with E-state index in [0.29, 0.717) is 0 Å². The van der Waals surface area contributed by atoms with Gasteiger partial charge in [-0.05, 0) is 52.5 Å². The molecule has 0 spiro atoms. The fourth-order valence-electron chi connectivity index (χ4n) is 2.31. The number of H-pyrrole nitrogens is 1. The van der Waals surface area contributed by atoms with Crippen molar-refractivity contribution in [3.63, 3.8) is 0 Å². The first-order chi connectivity index (χ1) is 10.7. The molecule has 0 aliphatic rings. The maximum atomic E-state index is 5.29. The van der Waals surface area contributed by atoms with Crippen LogP contribution in [-0.4, -0.2) is 29.2 Å². The molecule has 1 N–H and O–H groups in total. The highest BCUT2D eigenvalue weighted by Crippen LogP contribution is 2.23. The van der Waals surface area contributed by atoms with E-state index in [0.717, 1.165) is 51.4 Å². The Morgan fingerprint density at radius 2 is 1.77 bits per heavy atom. The second-order valence-corrected chi connectivity index (χ2v) is 5.79. The van der Waals surface area contributed by atoms with E-state index in [-0.39, 0.29) is 0 Å². The number of benzene rings is 1. The minimum absolute atomic E-state index is 0.790. The number of rotatable bonds is 5. The van der Waals surface area contributed by atoms with Gasteiger partial charge in [-0.25, -0.2) is 9.97 Å². The molecular weight excluding hydrogens is 346 g/mol. The molecule has 114 valence electrons. The zero-order chi connectivity index (χ0) is 15.5. The van der Waals surface area contributed by atoms with Gasteiger partial charge < -0.3 is 14.5 Å². The second kappa shape index (κ2) is 6.36. The molecule has 2 heterocycles. The normalized spacial score (nSPS) is 10.9. The summed E-state index contributed by atoms with van der Waals surface area (Å²) in [5.74, 6) is 1.59. The van der Waals surface area contributed by atoms with Crippen molar-refractivity contribution >= 4 is 27.1 Å². The van der Waals surface area contributed by atoms with Gasteiger partial charge in [-0.1, -0.05) is 0 Å². The first-order valence-electron chi connectivity index (χ1n) is 6.90. The van der Waals surface area contributed by atoms with E-state index >= 15 is 0 Å². The lowest BCUT2D eigenvalue weighted by molar-refractivity contribution is 0.393. The quantitative estimate of drug-likeness (QED) is 0.755. The standard InChI is InChI=1S/C16H16BrN3O2/c1-21-12-5-10(6-13(7-12)22-2)3-4-11-9-18-16-14(19-11)8-15(17)20-16/h5-9H,3-4H2,1-2H3,(H,18,20). The molecular formula is C16H16BrN3O2. The Balaban J connectivity index is 1.78. The summed E-state index contributed by atoms with van der Waals surface area (Å²) < 4.78 is 11.5. The van der Waals surface area contributed by atoms with Gasteiger partial charge in [-0.2, -0.15) is 0 Å². The molecule has 0 atom stereocenters. The molecule has 5 nitrogen and oxygen atoms in total. The van der Waals surface area contributed by atoms with E-state index in [4.69, 9.17) is 9.47 Å². The monoisotopic (exact) mass is 361 g/mol. The highest BCUT2D eigenvalue weighted by Gasteiger charge is 2.06. The van der Waals surface area contributed by atoms with Crippen LogP contribution in [0.1, 0.15) is 11.3 Å². The summed E-state index contributed by atoms with van der Waals surface area (Å²) in [6, 6.07) is 7.83. The van der Waals surface area contributed by atoms with Crippen molar-refractivity contribution in [1.29, 1.82) is 0 Å². The van der Waals surface area contributed by atoms with Crippen molar-refractivity contribution in [2.45, 2.75) is 12.8 Å². The van der Waals surface area contributed by atoms with Gasteiger partial charge in [0, 0.05) is 6.07 Å². The number of nitrogens with zero attached hydrogens (tertiary/aromatic N) is 2. The molecule has 0 aliphatic carbocycles. The van der Waals surface area contributed by atoms with Crippen molar-refractivity contribution in [2.75, 3.05) is 14.2 Å². The predicted octanol–water partition coefficient (Wildman–Crippen LogP) is 3.52. The fraction of sp³-hybridized carbons (Fsp3) is 0.250. The van der Waals surface area contributed by atoms with Crippen LogP contribution in [0.3, 0.4) is 0 Å². The second-order valence-electron chi connectivity index (χ2n) is 4.93. The maximum Gasteiger partial charge on any atom is 0.156 e. The number of hydrogen-bond acceptors (Lipinski definition) is 4. The summed E-state index contributed by atoms with van der Waals surface area (Å²) in [6.07, 6.45) is 3.46. The van der Waals surface area contributed by atoms with Gasteiger partial charge in [-0.3, -0.25) is 0 Å². The van der Waals surface area contributed by atoms with E-state index in [1.807, 2.05) is 30.5 Å². The van der Waals surface area contributed by atoms with Crippen molar-refractivity contribution in [3.8, 4) is 11.5 Å². The maximum absolute atomic E-state index is 5.29. The van der Waals surface area contributed by atoms with Crippen LogP contribution in [0, 0.1) is 0 Å². The first-order valence-corrected chi connectivity index (χ1v) is 7.69. The molecule has 0 radical (unpaired) electrons. The van der Waals surface area contributed by atoms with Crippen LogP contribution in [0.15, 0.2) is 35.1 Å². The van der Waals surface area contributed by atoms with Gasteiger partial charge in [0.2, 0.25) is 0 Å². The van der Waals surface area contributed by atoms with Gasteiger partial charge in [0.25, 0.3) is 0 Å². The minimum atomic E-state index is 0.790. The number of halogens is 1. The first kappa shape index (κ1) is 14.8. The van der Waals surface area contributed by atoms with Gasteiger partial charge in [0.15, 0.2) is 5.65 Å². The third-order valence-electron chi connectivity index (χ3n) is 3.43. The number of aryl methyl sites for hydroxylation is 2. The zero-order valence-electron chi connectivity index (χ0n) is 12.4. The van der Waals surface area contributed by atoms with Crippen molar-refractivity contribution in [3.05, 3.63) is 46.3 Å². The van der Waals surface area contributed by atoms with Crippen LogP contribution in [0.25, 0.3) is 11.2 Å². The van der Waals surface area contributed by atoms with E-state index in [1.54, 1.807) is 14.2 Å². The Morgan fingerprint density at radius 3 is 2.45 bits per heavy atom. The molecule has 0 bridgehead atoms. The van der Waals surface area contributed by atoms with E-state index < -0.39 is 0 Å². The van der Waals surface area contributed by atoms with Crippen LogP contribution >= 0.6 is 15.9 Å². The predicted molar refractivity (Wildman–Crippen MR) is 88.5 cm³/mol. The molecule has 1 aromatic carbocycles. The molecule has 3 rings (SSSR count).